The Labute approximate surface area is 61.8 Å². The van der Waals surface area contributed by atoms with Crippen LogP contribution in [0.4, 0.5) is 8.78 Å². The van der Waals surface area contributed by atoms with Crippen molar-refractivity contribution in [2.75, 3.05) is 0 Å². The van der Waals surface area contributed by atoms with Crippen LogP contribution >= 0.6 is 0 Å². The number of hydrogen-bond donors (Lipinski definition) is 2. The summed E-state index contributed by atoms with van der Waals surface area (Å²) in [7, 11) is 0. The second kappa shape index (κ2) is 3.38. The Hall–Kier alpha value is -1.04. The van der Waals surface area contributed by atoms with Crippen molar-refractivity contribution >= 4 is 0 Å². The highest BCUT2D eigenvalue weighted by Crippen LogP contribution is 2.02. The third-order valence-corrected chi connectivity index (χ3v) is 1.22. The standard InChI is InChI=1S/C5H8F2N4/c6-5(7)3(8)1-4-9-2-10-11-4/h2-3,5H,1,8H2,(H,9,10,11). The Balaban J connectivity index is 2.43. The molecule has 1 aromatic heterocycles. The summed E-state index contributed by atoms with van der Waals surface area (Å²) in [5.41, 5.74) is 5.07. The van der Waals surface area contributed by atoms with Crippen molar-refractivity contribution in [3.8, 4) is 0 Å². The fraction of sp³-hybridized carbons (Fsp3) is 0.600. The van der Waals surface area contributed by atoms with E-state index >= 15 is 0 Å². The van der Waals surface area contributed by atoms with Crippen LogP contribution in [0.25, 0.3) is 0 Å². The SMILES string of the molecule is NC(Cc1ncn[nH]1)C(F)F. The van der Waals surface area contributed by atoms with Crippen molar-refractivity contribution in [3.63, 3.8) is 0 Å². The molecule has 1 unspecified atom stereocenters. The van der Waals surface area contributed by atoms with Crippen LogP contribution in [0, 0.1) is 0 Å². The number of nitrogens with one attached hydrogen (secondary N) is 1. The summed E-state index contributed by atoms with van der Waals surface area (Å²) < 4.78 is 23.7. The summed E-state index contributed by atoms with van der Waals surface area (Å²) >= 11 is 0. The summed E-state index contributed by atoms with van der Waals surface area (Å²) in [5, 5.41) is 5.95. The zero-order chi connectivity index (χ0) is 8.27. The van der Waals surface area contributed by atoms with Gasteiger partial charge in [0.1, 0.15) is 12.2 Å². The highest BCUT2D eigenvalue weighted by molar-refractivity contribution is 4.85. The summed E-state index contributed by atoms with van der Waals surface area (Å²) in [5.74, 6) is 0.387. The number of nitrogens with two attached hydrogens (primary N) is 1. The molecule has 4 nitrogen and oxygen atoms in total. The van der Waals surface area contributed by atoms with E-state index in [0.717, 1.165) is 0 Å². The van der Waals surface area contributed by atoms with E-state index in [4.69, 9.17) is 5.73 Å². The number of aromatic amines is 1. The predicted molar refractivity (Wildman–Crippen MR) is 34.1 cm³/mol. The molecular weight excluding hydrogens is 154 g/mol. The number of rotatable bonds is 3. The first kappa shape index (κ1) is 8.06. The van der Waals surface area contributed by atoms with Crippen LogP contribution in [-0.2, 0) is 6.42 Å². The first-order valence-electron chi connectivity index (χ1n) is 3.08. The zero-order valence-corrected chi connectivity index (χ0v) is 5.67. The Morgan fingerprint density at radius 2 is 2.36 bits per heavy atom. The topological polar surface area (TPSA) is 67.6 Å². The normalized spacial score (nSPS) is 13.8. The second-order valence-electron chi connectivity index (χ2n) is 2.13. The van der Waals surface area contributed by atoms with Crippen molar-refractivity contribution in [3.05, 3.63) is 12.2 Å². The van der Waals surface area contributed by atoms with Gasteiger partial charge in [-0.05, 0) is 0 Å². The maximum Gasteiger partial charge on any atom is 0.253 e. The van der Waals surface area contributed by atoms with Gasteiger partial charge in [0.05, 0.1) is 6.04 Å². The summed E-state index contributed by atoms with van der Waals surface area (Å²) in [6.45, 7) is 0. The molecule has 0 fully saturated rings. The van der Waals surface area contributed by atoms with Crippen LogP contribution in [0.2, 0.25) is 0 Å². The minimum absolute atomic E-state index is 0.0255. The van der Waals surface area contributed by atoms with Gasteiger partial charge in [0.15, 0.2) is 0 Å². The van der Waals surface area contributed by atoms with E-state index in [1.165, 1.54) is 6.33 Å². The summed E-state index contributed by atoms with van der Waals surface area (Å²) in [6.07, 6.45) is -1.23. The van der Waals surface area contributed by atoms with Gasteiger partial charge in [0.2, 0.25) is 0 Å². The van der Waals surface area contributed by atoms with Crippen LogP contribution in [0.5, 0.6) is 0 Å². The van der Waals surface area contributed by atoms with Gasteiger partial charge in [-0.1, -0.05) is 0 Å². The van der Waals surface area contributed by atoms with Crippen molar-refractivity contribution in [2.45, 2.75) is 18.9 Å². The lowest BCUT2D eigenvalue weighted by Crippen LogP contribution is -2.31. The number of hydrogen-bond acceptors (Lipinski definition) is 3. The van der Waals surface area contributed by atoms with Gasteiger partial charge in [0, 0.05) is 6.42 Å². The quantitative estimate of drug-likeness (QED) is 0.654. The van der Waals surface area contributed by atoms with E-state index in [0.29, 0.717) is 5.82 Å². The molecule has 0 aliphatic heterocycles. The van der Waals surface area contributed by atoms with Gasteiger partial charge in [-0.25, -0.2) is 13.8 Å². The molecule has 0 radical (unpaired) electrons. The first-order chi connectivity index (χ1) is 5.20. The molecule has 0 spiro atoms. The number of halogens is 2. The monoisotopic (exact) mass is 162 g/mol. The van der Waals surface area contributed by atoms with E-state index in [2.05, 4.69) is 15.2 Å². The average Bonchev–Trinajstić information content (AvgIpc) is 2.39. The molecule has 0 aliphatic rings. The summed E-state index contributed by atoms with van der Waals surface area (Å²) in [4.78, 5) is 3.66. The fourth-order valence-electron chi connectivity index (χ4n) is 0.642. The molecule has 0 aromatic carbocycles. The van der Waals surface area contributed by atoms with Gasteiger partial charge in [0.25, 0.3) is 6.43 Å². The highest BCUT2D eigenvalue weighted by atomic mass is 19.3. The molecule has 0 saturated carbocycles. The smallest absolute Gasteiger partial charge is 0.253 e. The van der Waals surface area contributed by atoms with Gasteiger partial charge in [-0.15, -0.1) is 0 Å². The van der Waals surface area contributed by atoms with Crippen LogP contribution in [0.1, 0.15) is 5.82 Å². The number of alkyl halides is 2. The maximum atomic E-state index is 11.8. The minimum atomic E-state index is -2.51. The molecule has 0 amide bonds. The number of H-pyrrole nitrogens is 1. The van der Waals surface area contributed by atoms with Crippen LogP contribution < -0.4 is 5.73 Å². The molecular formula is C5H8F2N4. The molecule has 6 heteroatoms. The van der Waals surface area contributed by atoms with Crippen LogP contribution in [0.3, 0.4) is 0 Å². The molecule has 0 saturated heterocycles. The van der Waals surface area contributed by atoms with Gasteiger partial charge in [-0.2, -0.15) is 5.10 Å². The Morgan fingerprint density at radius 1 is 1.64 bits per heavy atom. The highest BCUT2D eigenvalue weighted by Gasteiger charge is 2.16. The van der Waals surface area contributed by atoms with Gasteiger partial charge >= 0.3 is 0 Å². The number of aromatic nitrogens is 3. The molecule has 62 valence electrons. The van der Waals surface area contributed by atoms with Gasteiger partial charge < -0.3 is 5.73 Å². The van der Waals surface area contributed by atoms with E-state index < -0.39 is 12.5 Å². The largest absolute Gasteiger partial charge is 0.323 e. The minimum Gasteiger partial charge on any atom is -0.323 e. The van der Waals surface area contributed by atoms with Crippen molar-refractivity contribution < 1.29 is 8.78 Å². The van der Waals surface area contributed by atoms with E-state index in [9.17, 15) is 8.78 Å². The Morgan fingerprint density at radius 3 is 2.82 bits per heavy atom. The molecule has 1 heterocycles. The molecule has 1 rings (SSSR count). The lowest BCUT2D eigenvalue weighted by molar-refractivity contribution is 0.115. The second-order valence-corrected chi connectivity index (χ2v) is 2.13. The van der Waals surface area contributed by atoms with Gasteiger partial charge in [-0.3, -0.25) is 5.10 Å². The maximum absolute atomic E-state index is 11.8. The fourth-order valence-corrected chi connectivity index (χ4v) is 0.642. The van der Waals surface area contributed by atoms with E-state index in [1.807, 2.05) is 0 Å². The molecule has 1 atom stereocenters. The van der Waals surface area contributed by atoms with E-state index in [1.54, 1.807) is 0 Å². The average molecular weight is 162 g/mol. The third-order valence-electron chi connectivity index (χ3n) is 1.22. The first-order valence-corrected chi connectivity index (χ1v) is 3.08. The molecule has 1 aromatic rings. The van der Waals surface area contributed by atoms with Crippen molar-refractivity contribution in [2.24, 2.45) is 5.73 Å². The zero-order valence-electron chi connectivity index (χ0n) is 5.67. The Bertz CT molecular complexity index is 198. The lowest BCUT2D eigenvalue weighted by atomic mass is 10.2. The Kier molecular flexibility index (Phi) is 2.48. The summed E-state index contributed by atoms with van der Waals surface area (Å²) in [6, 6.07) is -1.16. The van der Waals surface area contributed by atoms with Crippen LogP contribution in [-0.4, -0.2) is 27.6 Å². The van der Waals surface area contributed by atoms with E-state index in [-0.39, 0.29) is 6.42 Å². The third kappa shape index (κ3) is 2.23. The van der Waals surface area contributed by atoms with Crippen LogP contribution in [0.15, 0.2) is 6.33 Å². The predicted octanol–water partition coefficient (Wildman–Crippen LogP) is -0.0604. The van der Waals surface area contributed by atoms with Crippen molar-refractivity contribution in [1.29, 1.82) is 0 Å². The molecule has 3 N–H and O–H groups in total. The molecule has 0 bridgehead atoms. The molecule has 11 heavy (non-hydrogen) atoms. The lowest BCUT2D eigenvalue weighted by Gasteiger charge is -2.06. The van der Waals surface area contributed by atoms with Crippen molar-refractivity contribution in [1.82, 2.24) is 15.2 Å². The number of nitrogens with zero attached hydrogens (tertiary/aromatic N) is 2. The molecule has 0 aliphatic carbocycles.